The Morgan fingerprint density at radius 1 is 1.20 bits per heavy atom. The first-order valence-electron chi connectivity index (χ1n) is 7.15. The molecule has 104 valence electrons. The molecule has 0 amide bonds. The molecule has 20 heavy (non-hydrogen) atoms. The fourth-order valence-corrected chi connectivity index (χ4v) is 3.37. The number of fused-ring (bicyclic) bond motifs is 1. The third-order valence-electron chi connectivity index (χ3n) is 4.24. The number of benzene rings is 1. The number of aryl methyl sites for hydroxylation is 1. The summed E-state index contributed by atoms with van der Waals surface area (Å²) >= 11 is 6.26. The Morgan fingerprint density at radius 2 is 2.05 bits per heavy atom. The van der Waals surface area contributed by atoms with E-state index in [2.05, 4.69) is 29.2 Å². The van der Waals surface area contributed by atoms with Crippen LogP contribution in [0.2, 0.25) is 5.02 Å². The summed E-state index contributed by atoms with van der Waals surface area (Å²) in [6.07, 6.45) is 8.75. The van der Waals surface area contributed by atoms with Gasteiger partial charge in [-0.3, -0.25) is 4.98 Å². The monoisotopic (exact) mass is 286 g/mol. The minimum Gasteiger partial charge on any atom is -0.321 e. The van der Waals surface area contributed by atoms with Crippen LogP contribution in [0.5, 0.6) is 0 Å². The molecule has 0 saturated heterocycles. The molecule has 1 aromatic heterocycles. The van der Waals surface area contributed by atoms with E-state index in [1.54, 1.807) is 12.4 Å². The van der Waals surface area contributed by atoms with Crippen molar-refractivity contribution in [2.75, 3.05) is 0 Å². The van der Waals surface area contributed by atoms with Crippen molar-refractivity contribution in [3.05, 3.63) is 64.4 Å². The summed E-state index contributed by atoms with van der Waals surface area (Å²) in [5, 5.41) is 0.707. The summed E-state index contributed by atoms with van der Waals surface area (Å²) in [7, 11) is 0. The van der Waals surface area contributed by atoms with Crippen molar-refractivity contribution in [3.63, 3.8) is 0 Å². The van der Waals surface area contributed by atoms with Gasteiger partial charge in [0.2, 0.25) is 0 Å². The van der Waals surface area contributed by atoms with E-state index in [9.17, 15) is 0 Å². The zero-order valence-electron chi connectivity index (χ0n) is 11.5. The molecular formula is C17H19ClN2. The normalized spacial score (nSPS) is 22.1. The van der Waals surface area contributed by atoms with E-state index < -0.39 is 0 Å². The van der Waals surface area contributed by atoms with Crippen molar-refractivity contribution in [2.24, 2.45) is 5.73 Å². The SMILES string of the molecule is NC1(Cc2ccncc2Cl)CCCCc2ccccc21. The first-order valence-corrected chi connectivity index (χ1v) is 7.52. The van der Waals surface area contributed by atoms with Crippen molar-refractivity contribution in [2.45, 2.75) is 37.6 Å². The molecule has 1 atom stereocenters. The predicted molar refractivity (Wildman–Crippen MR) is 82.8 cm³/mol. The summed E-state index contributed by atoms with van der Waals surface area (Å²) < 4.78 is 0. The van der Waals surface area contributed by atoms with Crippen molar-refractivity contribution in [1.29, 1.82) is 0 Å². The van der Waals surface area contributed by atoms with Crippen LogP contribution in [0.25, 0.3) is 0 Å². The Balaban J connectivity index is 2.01. The minimum absolute atomic E-state index is 0.321. The van der Waals surface area contributed by atoms with Crippen LogP contribution >= 0.6 is 11.6 Å². The Bertz CT molecular complexity index is 611. The average molecular weight is 287 g/mol. The second kappa shape index (κ2) is 5.55. The summed E-state index contributed by atoms with van der Waals surface area (Å²) in [6, 6.07) is 10.5. The van der Waals surface area contributed by atoms with Gasteiger partial charge in [-0.1, -0.05) is 42.3 Å². The van der Waals surface area contributed by atoms with Gasteiger partial charge in [0.05, 0.1) is 5.02 Å². The number of nitrogens with zero attached hydrogens (tertiary/aromatic N) is 1. The number of pyridine rings is 1. The van der Waals surface area contributed by atoms with Crippen LogP contribution < -0.4 is 5.73 Å². The maximum absolute atomic E-state index is 6.79. The molecule has 0 radical (unpaired) electrons. The van der Waals surface area contributed by atoms with E-state index in [4.69, 9.17) is 17.3 Å². The smallest absolute Gasteiger partial charge is 0.0622 e. The number of nitrogens with two attached hydrogens (primary N) is 1. The third-order valence-corrected chi connectivity index (χ3v) is 4.58. The van der Waals surface area contributed by atoms with Gasteiger partial charge in [-0.15, -0.1) is 0 Å². The molecule has 0 fully saturated rings. The van der Waals surface area contributed by atoms with Crippen LogP contribution in [0.4, 0.5) is 0 Å². The molecule has 1 aromatic carbocycles. The highest BCUT2D eigenvalue weighted by Gasteiger charge is 2.31. The van der Waals surface area contributed by atoms with Gasteiger partial charge in [-0.2, -0.15) is 0 Å². The topological polar surface area (TPSA) is 38.9 Å². The highest BCUT2D eigenvalue weighted by molar-refractivity contribution is 6.31. The van der Waals surface area contributed by atoms with Crippen LogP contribution in [0, 0.1) is 0 Å². The maximum atomic E-state index is 6.79. The Morgan fingerprint density at radius 3 is 2.90 bits per heavy atom. The van der Waals surface area contributed by atoms with Gasteiger partial charge in [-0.25, -0.2) is 0 Å². The largest absolute Gasteiger partial charge is 0.321 e. The highest BCUT2D eigenvalue weighted by Crippen LogP contribution is 2.35. The molecule has 3 rings (SSSR count). The number of hydrogen-bond acceptors (Lipinski definition) is 2. The molecule has 0 spiro atoms. The lowest BCUT2D eigenvalue weighted by Crippen LogP contribution is -2.39. The molecular weight excluding hydrogens is 268 g/mol. The Kier molecular flexibility index (Phi) is 3.77. The highest BCUT2D eigenvalue weighted by atomic mass is 35.5. The predicted octanol–water partition coefficient (Wildman–Crippen LogP) is 3.86. The van der Waals surface area contributed by atoms with Gasteiger partial charge < -0.3 is 5.73 Å². The van der Waals surface area contributed by atoms with Crippen molar-refractivity contribution in [1.82, 2.24) is 4.98 Å². The van der Waals surface area contributed by atoms with Gasteiger partial charge in [-0.05, 0) is 48.4 Å². The van der Waals surface area contributed by atoms with E-state index in [1.165, 1.54) is 17.5 Å². The Hall–Kier alpha value is -1.38. The van der Waals surface area contributed by atoms with Crippen LogP contribution in [0.3, 0.4) is 0 Å². The number of hydrogen-bond donors (Lipinski definition) is 1. The van der Waals surface area contributed by atoms with E-state index in [0.29, 0.717) is 5.02 Å². The lowest BCUT2D eigenvalue weighted by atomic mass is 9.80. The first-order chi connectivity index (χ1) is 9.69. The molecule has 0 bridgehead atoms. The molecule has 2 nitrogen and oxygen atoms in total. The van der Waals surface area contributed by atoms with E-state index in [-0.39, 0.29) is 5.54 Å². The number of halogens is 1. The van der Waals surface area contributed by atoms with Gasteiger partial charge in [0.1, 0.15) is 0 Å². The van der Waals surface area contributed by atoms with Crippen LogP contribution in [-0.4, -0.2) is 4.98 Å². The van der Waals surface area contributed by atoms with Gasteiger partial charge in [0, 0.05) is 17.9 Å². The molecule has 1 aliphatic carbocycles. The fourth-order valence-electron chi connectivity index (χ4n) is 3.19. The fraction of sp³-hybridized carbons (Fsp3) is 0.353. The maximum Gasteiger partial charge on any atom is 0.0622 e. The zero-order valence-corrected chi connectivity index (χ0v) is 12.2. The summed E-state index contributed by atoms with van der Waals surface area (Å²) in [6.45, 7) is 0. The Labute approximate surface area is 125 Å². The summed E-state index contributed by atoms with van der Waals surface area (Å²) in [5.41, 5.74) is 10.2. The van der Waals surface area contributed by atoms with Crippen LogP contribution in [-0.2, 0) is 18.4 Å². The summed E-state index contributed by atoms with van der Waals surface area (Å²) in [4.78, 5) is 4.05. The van der Waals surface area contributed by atoms with Gasteiger partial charge >= 0.3 is 0 Å². The van der Waals surface area contributed by atoms with Crippen LogP contribution in [0.1, 0.15) is 36.0 Å². The van der Waals surface area contributed by atoms with Crippen molar-refractivity contribution in [3.8, 4) is 0 Å². The van der Waals surface area contributed by atoms with E-state index in [0.717, 1.165) is 31.2 Å². The van der Waals surface area contributed by atoms with Crippen LogP contribution in [0.15, 0.2) is 42.7 Å². The second-order valence-corrected chi connectivity index (χ2v) is 6.07. The molecule has 0 aliphatic heterocycles. The number of aromatic nitrogens is 1. The first kappa shape index (κ1) is 13.6. The second-order valence-electron chi connectivity index (χ2n) is 5.66. The van der Waals surface area contributed by atoms with Crippen molar-refractivity contribution >= 4 is 11.6 Å². The standard InChI is InChI=1S/C17H19ClN2/c18-16-12-20-10-8-14(16)11-17(19)9-4-3-6-13-5-1-2-7-15(13)17/h1-2,5,7-8,10,12H,3-4,6,9,11,19H2. The molecule has 2 aromatic rings. The van der Waals surface area contributed by atoms with E-state index >= 15 is 0 Å². The molecule has 3 heteroatoms. The van der Waals surface area contributed by atoms with E-state index in [1.807, 2.05) is 6.07 Å². The molecule has 1 unspecified atom stereocenters. The zero-order chi connectivity index (χ0) is 14.0. The average Bonchev–Trinajstić information content (AvgIpc) is 2.62. The summed E-state index contributed by atoms with van der Waals surface area (Å²) in [5.74, 6) is 0. The minimum atomic E-state index is -0.321. The third kappa shape index (κ3) is 2.58. The molecule has 0 saturated carbocycles. The van der Waals surface area contributed by atoms with Crippen molar-refractivity contribution < 1.29 is 0 Å². The van der Waals surface area contributed by atoms with Gasteiger partial charge in [0.25, 0.3) is 0 Å². The van der Waals surface area contributed by atoms with Gasteiger partial charge in [0.15, 0.2) is 0 Å². The molecule has 1 heterocycles. The quantitative estimate of drug-likeness (QED) is 0.852. The number of rotatable bonds is 2. The lowest BCUT2D eigenvalue weighted by Gasteiger charge is -2.31. The molecule has 2 N–H and O–H groups in total. The molecule has 1 aliphatic rings. The lowest BCUT2D eigenvalue weighted by molar-refractivity contribution is 0.398.